The number of amides is 1. The molecule has 2 heterocycles. The number of aromatic nitrogens is 3. The van der Waals surface area contributed by atoms with E-state index in [9.17, 15) is 9.59 Å². The number of hydrogen-bond donors (Lipinski definition) is 1. The summed E-state index contributed by atoms with van der Waals surface area (Å²) >= 11 is 0. The quantitative estimate of drug-likeness (QED) is 0.343. The molecular formula is C28H22N4O3. The second kappa shape index (κ2) is 9.15. The first kappa shape index (κ1) is 21.9. The Bertz CT molecular complexity index is 1630. The van der Waals surface area contributed by atoms with Crippen LogP contribution in [0.2, 0.25) is 0 Å². The van der Waals surface area contributed by atoms with Crippen molar-refractivity contribution in [2.75, 3.05) is 5.32 Å². The standard InChI is InChI=1S/C28H22N4O3/c1-3-27(33)30-20-9-6-10-21(16-20)31-24-14-15-29-18-25(24)32(28(31)34)22-11-7-12-23(17-22)35-26-13-5-4-8-19(26)2/h3-18H,1H2,2H3,(H,30,33). The van der Waals surface area contributed by atoms with Crippen molar-refractivity contribution in [1.29, 1.82) is 0 Å². The van der Waals surface area contributed by atoms with Gasteiger partial charge in [0.05, 0.1) is 28.6 Å². The summed E-state index contributed by atoms with van der Waals surface area (Å²) < 4.78 is 9.28. The molecule has 7 heteroatoms. The van der Waals surface area contributed by atoms with E-state index in [2.05, 4.69) is 16.9 Å². The average Bonchev–Trinajstić information content (AvgIpc) is 3.17. The molecule has 0 aliphatic rings. The summed E-state index contributed by atoms with van der Waals surface area (Å²) in [6, 6.07) is 24.0. The number of aryl methyl sites for hydroxylation is 1. The van der Waals surface area contributed by atoms with E-state index in [-0.39, 0.29) is 11.6 Å². The van der Waals surface area contributed by atoms with Crippen LogP contribution in [-0.4, -0.2) is 20.0 Å². The summed E-state index contributed by atoms with van der Waals surface area (Å²) in [7, 11) is 0. The molecule has 0 fully saturated rings. The molecule has 0 radical (unpaired) electrons. The van der Waals surface area contributed by atoms with Crippen LogP contribution in [-0.2, 0) is 4.79 Å². The van der Waals surface area contributed by atoms with E-state index in [4.69, 9.17) is 4.74 Å². The van der Waals surface area contributed by atoms with Gasteiger partial charge in [-0.3, -0.25) is 18.9 Å². The van der Waals surface area contributed by atoms with Crippen molar-refractivity contribution >= 4 is 22.6 Å². The number of nitrogens with one attached hydrogen (secondary N) is 1. The molecular weight excluding hydrogens is 440 g/mol. The number of carbonyl (C=O) groups is 1. The van der Waals surface area contributed by atoms with Crippen molar-refractivity contribution in [3.8, 4) is 22.9 Å². The fourth-order valence-corrected chi connectivity index (χ4v) is 3.95. The lowest BCUT2D eigenvalue weighted by molar-refractivity contribution is -0.111. The second-order valence-corrected chi connectivity index (χ2v) is 7.93. The van der Waals surface area contributed by atoms with Crippen LogP contribution in [0, 0.1) is 6.92 Å². The molecule has 35 heavy (non-hydrogen) atoms. The van der Waals surface area contributed by atoms with Crippen molar-refractivity contribution in [3.63, 3.8) is 0 Å². The van der Waals surface area contributed by atoms with E-state index in [0.29, 0.717) is 33.8 Å². The van der Waals surface area contributed by atoms with Gasteiger partial charge in [-0.25, -0.2) is 4.79 Å². The lowest BCUT2D eigenvalue weighted by Gasteiger charge is -2.10. The molecule has 0 bridgehead atoms. The number of nitrogens with zero attached hydrogens (tertiary/aromatic N) is 3. The lowest BCUT2D eigenvalue weighted by Crippen LogP contribution is -2.22. The van der Waals surface area contributed by atoms with E-state index in [0.717, 1.165) is 11.3 Å². The van der Waals surface area contributed by atoms with Crippen LogP contribution in [0.5, 0.6) is 11.5 Å². The smallest absolute Gasteiger partial charge is 0.338 e. The van der Waals surface area contributed by atoms with Gasteiger partial charge in [0.15, 0.2) is 0 Å². The molecule has 0 saturated heterocycles. The monoisotopic (exact) mass is 462 g/mol. The lowest BCUT2D eigenvalue weighted by atomic mass is 10.2. The summed E-state index contributed by atoms with van der Waals surface area (Å²) in [5, 5.41) is 2.73. The summed E-state index contributed by atoms with van der Waals surface area (Å²) in [5.74, 6) is 1.04. The zero-order chi connectivity index (χ0) is 24.4. The Balaban J connectivity index is 1.63. The number of rotatable bonds is 6. The minimum Gasteiger partial charge on any atom is -0.457 e. The Hall–Kier alpha value is -4.91. The van der Waals surface area contributed by atoms with Crippen molar-refractivity contribution in [2.45, 2.75) is 6.92 Å². The molecule has 2 aromatic heterocycles. The van der Waals surface area contributed by atoms with Crippen LogP contribution < -0.4 is 15.7 Å². The first-order chi connectivity index (χ1) is 17.0. The number of carbonyl (C=O) groups excluding carboxylic acids is 1. The summed E-state index contributed by atoms with van der Waals surface area (Å²) in [5.41, 5.74) is 3.89. The maximum Gasteiger partial charge on any atom is 0.338 e. The van der Waals surface area contributed by atoms with Gasteiger partial charge in [0.1, 0.15) is 11.5 Å². The van der Waals surface area contributed by atoms with Crippen LogP contribution in [0.3, 0.4) is 0 Å². The van der Waals surface area contributed by atoms with Crippen molar-refractivity contribution in [1.82, 2.24) is 14.1 Å². The van der Waals surface area contributed by atoms with Crippen LogP contribution in [0.25, 0.3) is 22.4 Å². The summed E-state index contributed by atoms with van der Waals surface area (Å²) in [6.07, 6.45) is 4.50. The fraction of sp³-hybridized carbons (Fsp3) is 0.0357. The fourth-order valence-electron chi connectivity index (χ4n) is 3.95. The maximum absolute atomic E-state index is 13.8. The predicted molar refractivity (Wildman–Crippen MR) is 137 cm³/mol. The third-order valence-corrected chi connectivity index (χ3v) is 5.60. The van der Waals surface area contributed by atoms with Crippen molar-refractivity contribution < 1.29 is 9.53 Å². The highest BCUT2D eigenvalue weighted by atomic mass is 16.5. The van der Waals surface area contributed by atoms with Gasteiger partial charge in [-0.1, -0.05) is 36.9 Å². The average molecular weight is 463 g/mol. The van der Waals surface area contributed by atoms with Gasteiger partial charge in [-0.15, -0.1) is 0 Å². The number of imidazole rings is 1. The third kappa shape index (κ3) is 4.22. The first-order valence-electron chi connectivity index (χ1n) is 11.0. The molecule has 5 aromatic rings. The van der Waals surface area contributed by atoms with Gasteiger partial charge in [0.25, 0.3) is 0 Å². The number of anilines is 1. The van der Waals surface area contributed by atoms with Gasteiger partial charge in [0.2, 0.25) is 5.91 Å². The Kier molecular flexibility index (Phi) is 5.73. The third-order valence-electron chi connectivity index (χ3n) is 5.60. The minimum absolute atomic E-state index is 0.270. The van der Waals surface area contributed by atoms with Crippen LogP contribution in [0.15, 0.2) is 109 Å². The number of ether oxygens (including phenoxy) is 1. The van der Waals surface area contributed by atoms with Gasteiger partial charge in [-0.2, -0.15) is 0 Å². The van der Waals surface area contributed by atoms with E-state index >= 15 is 0 Å². The second-order valence-electron chi connectivity index (χ2n) is 7.93. The normalized spacial score (nSPS) is 10.8. The topological polar surface area (TPSA) is 78.2 Å². The number of pyridine rings is 1. The Morgan fingerprint density at radius 2 is 1.69 bits per heavy atom. The van der Waals surface area contributed by atoms with E-state index < -0.39 is 0 Å². The van der Waals surface area contributed by atoms with Crippen LogP contribution in [0.1, 0.15) is 5.56 Å². The number of para-hydroxylation sites is 1. The first-order valence-corrected chi connectivity index (χ1v) is 11.0. The highest BCUT2D eigenvalue weighted by molar-refractivity contribution is 5.99. The molecule has 1 N–H and O–H groups in total. The van der Waals surface area contributed by atoms with Crippen molar-refractivity contribution in [2.24, 2.45) is 0 Å². The van der Waals surface area contributed by atoms with Crippen molar-refractivity contribution in [3.05, 3.63) is 120 Å². The molecule has 0 saturated carbocycles. The molecule has 3 aromatic carbocycles. The number of hydrogen-bond acceptors (Lipinski definition) is 4. The molecule has 0 aliphatic carbocycles. The zero-order valence-electron chi connectivity index (χ0n) is 19.0. The highest BCUT2D eigenvalue weighted by Gasteiger charge is 2.17. The molecule has 0 aliphatic heterocycles. The molecule has 7 nitrogen and oxygen atoms in total. The SMILES string of the molecule is C=CC(=O)Nc1cccc(-n2c(=O)n(-c3cccc(Oc4ccccc4C)c3)c3cnccc32)c1. The van der Waals surface area contributed by atoms with Gasteiger partial charge in [-0.05, 0) is 61.0 Å². The predicted octanol–water partition coefficient (Wildman–Crippen LogP) is 5.40. The summed E-state index contributed by atoms with van der Waals surface area (Å²) in [4.78, 5) is 29.8. The molecule has 0 unspecified atom stereocenters. The molecule has 172 valence electrons. The zero-order valence-corrected chi connectivity index (χ0v) is 19.0. The minimum atomic E-state index is -0.327. The van der Waals surface area contributed by atoms with E-state index in [1.807, 2.05) is 61.5 Å². The Morgan fingerprint density at radius 3 is 2.49 bits per heavy atom. The van der Waals surface area contributed by atoms with Gasteiger partial charge < -0.3 is 10.1 Å². The van der Waals surface area contributed by atoms with Gasteiger partial charge in [0, 0.05) is 18.0 Å². The van der Waals surface area contributed by atoms with Crippen LogP contribution >= 0.6 is 0 Å². The molecule has 1 amide bonds. The van der Waals surface area contributed by atoms with E-state index in [1.165, 1.54) is 6.08 Å². The number of benzene rings is 3. The Morgan fingerprint density at radius 1 is 0.943 bits per heavy atom. The van der Waals surface area contributed by atoms with E-state index in [1.54, 1.807) is 45.8 Å². The van der Waals surface area contributed by atoms with Gasteiger partial charge >= 0.3 is 5.69 Å². The largest absolute Gasteiger partial charge is 0.457 e. The summed E-state index contributed by atoms with van der Waals surface area (Å²) in [6.45, 7) is 5.46. The number of fused-ring (bicyclic) bond motifs is 1. The highest BCUT2D eigenvalue weighted by Crippen LogP contribution is 2.28. The maximum atomic E-state index is 13.8. The molecule has 0 spiro atoms. The molecule has 0 atom stereocenters. The molecule has 5 rings (SSSR count). The Labute approximate surface area is 201 Å². The van der Waals surface area contributed by atoms with Crippen LogP contribution in [0.4, 0.5) is 5.69 Å².